The fraction of sp³-hybridized carbons (Fsp3) is 0.429. The molecule has 1 aliphatic heterocycles. The van der Waals surface area contributed by atoms with Crippen LogP contribution in [0.4, 0.5) is 10.5 Å². The number of nitrogens with one attached hydrogen (secondary N) is 1. The van der Waals surface area contributed by atoms with Crippen LogP contribution in [0.2, 0.25) is 5.02 Å². The predicted molar refractivity (Wildman–Crippen MR) is 75.2 cm³/mol. The molecule has 0 spiro atoms. The van der Waals surface area contributed by atoms with Crippen molar-refractivity contribution in [2.45, 2.75) is 25.7 Å². The number of hydrogen-bond acceptors (Lipinski definition) is 2. The second kappa shape index (κ2) is 6.44. The number of nitriles is 1. The zero-order chi connectivity index (χ0) is 13.7. The number of carbonyl (C=O) groups excluding carboxylic acids is 1. The van der Waals surface area contributed by atoms with Gasteiger partial charge in [-0.05, 0) is 31.0 Å². The van der Waals surface area contributed by atoms with Gasteiger partial charge in [-0.1, -0.05) is 24.4 Å². The van der Waals surface area contributed by atoms with Crippen molar-refractivity contribution in [2.24, 2.45) is 0 Å². The highest BCUT2D eigenvalue weighted by atomic mass is 35.5. The molecule has 1 N–H and O–H groups in total. The lowest BCUT2D eigenvalue weighted by Crippen LogP contribution is -2.35. The Hall–Kier alpha value is -1.73. The van der Waals surface area contributed by atoms with Crippen LogP contribution >= 0.6 is 11.6 Å². The third kappa shape index (κ3) is 3.62. The summed E-state index contributed by atoms with van der Waals surface area (Å²) >= 11 is 6.03. The van der Waals surface area contributed by atoms with Crippen LogP contribution in [0, 0.1) is 11.3 Å². The van der Waals surface area contributed by atoms with Gasteiger partial charge in [0.25, 0.3) is 0 Å². The van der Waals surface area contributed by atoms with Gasteiger partial charge in [0, 0.05) is 13.1 Å². The summed E-state index contributed by atoms with van der Waals surface area (Å²) in [5, 5.41) is 12.1. The maximum absolute atomic E-state index is 12.1. The Labute approximate surface area is 118 Å². The highest BCUT2D eigenvalue weighted by molar-refractivity contribution is 6.33. The van der Waals surface area contributed by atoms with Crippen LogP contribution in [0.25, 0.3) is 0 Å². The normalized spacial score (nSPS) is 15.5. The molecule has 0 atom stereocenters. The van der Waals surface area contributed by atoms with E-state index in [1.165, 1.54) is 12.8 Å². The van der Waals surface area contributed by atoms with Gasteiger partial charge in [0.2, 0.25) is 0 Å². The number of carbonyl (C=O) groups is 1. The van der Waals surface area contributed by atoms with Crippen LogP contribution in [-0.4, -0.2) is 24.0 Å². The van der Waals surface area contributed by atoms with E-state index in [0.29, 0.717) is 16.3 Å². The van der Waals surface area contributed by atoms with E-state index in [2.05, 4.69) is 5.32 Å². The molecule has 1 aromatic rings. The summed E-state index contributed by atoms with van der Waals surface area (Å²) in [4.78, 5) is 14.0. The first kappa shape index (κ1) is 13.7. The lowest BCUT2D eigenvalue weighted by molar-refractivity contribution is 0.214. The summed E-state index contributed by atoms with van der Waals surface area (Å²) in [7, 11) is 0. The number of nitrogens with zero attached hydrogens (tertiary/aromatic N) is 2. The summed E-state index contributed by atoms with van der Waals surface area (Å²) in [6.45, 7) is 1.56. The molecule has 0 aromatic heterocycles. The topological polar surface area (TPSA) is 56.1 Å². The average molecular weight is 278 g/mol. The van der Waals surface area contributed by atoms with Gasteiger partial charge in [-0.3, -0.25) is 0 Å². The molecule has 2 rings (SSSR count). The van der Waals surface area contributed by atoms with Crippen LogP contribution in [0.3, 0.4) is 0 Å². The van der Waals surface area contributed by atoms with Crippen molar-refractivity contribution in [3.63, 3.8) is 0 Å². The van der Waals surface area contributed by atoms with Crippen molar-refractivity contribution in [3.8, 4) is 6.07 Å². The van der Waals surface area contributed by atoms with E-state index >= 15 is 0 Å². The summed E-state index contributed by atoms with van der Waals surface area (Å²) in [5.74, 6) is 0. The summed E-state index contributed by atoms with van der Waals surface area (Å²) in [5.41, 5.74) is 0.977. The third-order valence-electron chi connectivity index (χ3n) is 3.23. The molecular formula is C14H16ClN3O. The first-order valence-electron chi connectivity index (χ1n) is 6.46. The van der Waals surface area contributed by atoms with Crippen molar-refractivity contribution in [3.05, 3.63) is 28.8 Å². The number of hydrogen-bond donors (Lipinski definition) is 1. The van der Waals surface area contributed by atoms with E-state index in [1.54, 1.807) is 18.2 Å². The number of urea groups is 1. The molecule has 0 aliphatic carbocycles. The molecule has 19 heavy (non-hydrogen) atoms. The fourth-order valence-electron chi connectivity index (χ4n) is 2.16. The number of halogens is 1. The van der Waals surface area contributed by atoms with E-state index in [4.69, 9.17) is 16.9 Å². The quantitative estimate of drug-likeness (QED) is 0.852. The molecule has 1 aliphatic rings. The number of rotatable bonds is 1. The zero-order valence-electron chi connectivity index (χ0n) is 10.7. The summed E-state index contributed by atoms with van der Waals surface area (Å²) < 4.78 is 0. The molecule has 1 aromatic carbocycles. The number of amides is 2. The Morgan fingerprint density at radius 2 is 1.95 bits per heavy atom. The van der Waals surface area contributed by atoms with Gasteiger partial charge in [0.05, 0.1) is 22.3 Å². The molecule has 0 bridgehead atoms. The first-order valence-corrected chi connectivity index (χ1v) is 6.84. The second-order valence-electron chi connectivity index (χ2n) is 4.64. The standard InChI is InChI=1S/C14H16ClN3O/c15-12-6-5-11(10-16)9-13(12)17-14(19)18-7-3-1-2-4-8-18/h5-6,9H,1-4,7-8H2,(H,17,19). The van der Waals surface area contributed by atoms with E-state index in [9.17, 15) is 4.79 Å². The predicted octanol–water partition coefficient (Wildman–Crippen LogP) is 3.62. The van der Waals surface area contributed by atoms with E-state index in [0.717, 1.165) is 25.9 Å². The van der Waals surface area contributed by atoms with E-state index < -0.39 is 0 Å². The molecule has 1 heterocycles. The highest BCUT2D eigenvalue weighted by Gasteiger charge is 2.16. The first-order chi connectivity index (χ1) is 9.20. The number of anilines is 1. The molecule has 5 heteroatoms. The number of benzene rings is 1. The van der Waals surface area contributed by atoms with Crippen molar-refractivity contribution in [2.75, 3.05) is 18.4 Å². The monoisotopic (exact) mass is 277 g/mol. The molecule has 4 nitrogen and oxygen atoms in total. The Bertz CT molecular complexity index is 502. The SMILES string of the molecule is N#Cc1ccc(Cl)c(NC(=O)N2CCCCCC2)c1. The van der Waals surface area contributed by atoms with Crippen molar-refractivity contribution in [1.29, 1.82) is 5.26 Å². The third-order valence-corrected chi connectivity index (χ3v) is 3.56. The number of likely N-dealkylation sites (tertiary alicyclic amines) is 1. The summed E-state index contributed by atoms with van der Waals surface area (Å²) in [6.07, 6.45) is 4.43. The van der Waals surface area contributed by atoms with Crippen molar-refractivity contribution >= 4 is 23.3 Å². The van der Waals surface area contributed by atoms with Crippen LogP contribution in [0.5, 0.6) is 0 Å². The Kier molecular flexibility index (Phi) is 4.64. The van der Waals surface area contributed by atoms with E-state index in [-0.39, 0.29) is 6.03 Å². The minimum atomic E-state index is -0.140. The van der Waals surface area contributed by atoms with Crippen molar-refractivity contribution in [1.82, 2.24) is 4.90 Å². The van der Waals surface area contributed by atoms with Gasteiger partial charge >= 0.3 is 6.03 Å². The van der Waals surface area contributed by atoms with Gasteiger partial charge in [0.15, 0.2) is 0 Å². The average Bonchev–Trinajstić information content (AvgIpc) is 2.70. The molecule has 100 valence electrons. The maximum atomic E-state index is 12.1. The Balaban J connectivity index is 2.07. The van der Waals surface area contributed by atoms with E-state index in [1.807, 2.05) is 11.0 Å². The molecule has 1 saturated heterocycles. The molecular weight excluding hydrogens is 262 g/mol. The van der Waals surface area contributed by atoms with Crippen LogP contribution < -0.4 is 5.32 Å². The van der Waals surface area contributed by atoms with Crippen LogP contribution in [0.1, 0.15) is 31.2 Å². The lowest BCUT2D eigenvalue weighted by atomic mass is 10.2. The lowest BCUT2D eigenvalue weighted by Gasteiger charge is -2.21. The smallest absolute Gasteiger partial charge is 0.321 e. The van der Waals surface area contributed by atoms with Crippen molar-refractivity contribution < 1.29 is 4.79 Å². The molecule has 0 unspecified atom stereocenters. The van der Waals surface area contributed by atoms with Crippen LogP contribution in [-0.2, 0) is 0 Å². The second-order valence-corrected chi connectivity index (χ2v) is 5.05. The molecule has 2 amide bonds. The zero-order valence-corrected chi connectivity index (χ0v) is 11.4. The largest absolute Gasteiger partial charge is 0.325 e. The van der Waals surface area contributed by atoms with Gasteiger partial charge < -0.3 is 10.2 Å². The summed E-state index contributed by atoms with van der Waals surface area (Å²) in [6, 6.07) is 6.74. The van der Waals surface area contributed by atoms with Gasteiger partial charge in [-0.15, -0.1) is 0 Å². The molecule has 0 saturated carbocycles. The van der Waals surface area contributed by atoms with Gasteiger partial charge in [0.1, 0.15) is 0 Å². The minimum absolute atomic E-state index is 0.140. The van der Waals surface area contributed by atoms with Gasteiger partial charge in [-0.25, -0.2) is 4.79 Å². The fourth-order valence-corrected chi connectivity index (χ4v) is 2.32. The highest BCUT2D eigenvalue weighted by Crippen LogP contribution is 2.23. The Morgan fingerprint density at radius 1 is 1.26 bits per heavy atom. The Morgan fingerprint density at radius 3 is 2.58 bits per heavy atom. The molecule has 0 radical (unpaired) electrons. The minimum Gasteiger partial charge on any atom is -0.325 e. The molecule has 1 fully saturated rings. The maximum Gasteiger partial charge on any atom is 0.321 e. The van der Waals surface area contributed by atoms with Gasteiger partial charge in [-0.2, -0.15) is 5.26 Å². The van der Waals surface area contributed by atoms with Crippen LogP contribution in [0.15, 0.2) is 18.2 Å².